The molecule has 2 N–H and O–H groups in total. The average Bonchev–Trinajstić information content (AvgIpc) is 3.41. The number of anilines is 1. The summed E-state index contributed by atoms with van der Waals surface area (Å²) in [6.07, 6.45) is -0.231. The molecule has 1 saturated carbocycles. The van der Waals surface area contributed by atoms with Gasteiger partial charge in [-0.2, -0.15) is 18.4 Å². The maximum absolute atomic E-state index is 13.7. The maximum Gasteiger partial charge on any atom is 0.432 e. The Bertz CT molecular complexity index is 1450. The largest absolute Gasteiger partial charge is 0.432 e. The van der Waals surface area contributed by atoms with Crippen molar-refractivity contribution in [2.45, 2.75) is 43.2 Å². The molecular formula is C30H25F3N4O. The van der Waals surface area contributed by atoms with Gasteiger partial charge in [-0.1, -0.05) is 60.7 Å². The third-order valence-corrected chi connectivity index (χ3v) is 7.27. The van der Waals surface area contributed by atoms with E-state index in [-0.39, 0.29) is 11.6 Å². The lowest BCUT2D eigenvalue weighted by Crippen LogP contribution is -2.29. The first-order valence-electron chi connectivity index (χ1n) is 12.4. The van der Waals surface area contributed by atoms with Gasteiger partial charge in [0.15, 0.2) is 0 Å². The van der Waals surface area contributed by atoms with Crippen molar-refractivity contribution >= 4 is 11.6 Å². The minimum atomic E-state index is -4.72. The number of carbonyl (C=O) groups is 1. The van der Waals surface area contributed by atoms with Crippen molar-refractivity contribution in [1.82, 2.24) is 9.97 Å². The van der Waals surface area contributed by atoms with Crippen molar-refractivity contribution < 1.29 is 18.0 Å². The number of aromatic amines is 1. The number of nitriles is 1. The Balaban J connectivity index is 1.29. The van der Waals surface area contributed by atoms with Crippen LogP contribution >= 0.6 is 0 Å². The highest BCUT2D eigenvalue weighted by molar-refractivity contribution is 6.06. The van der Waals surface area contributed by atoms with Gasteiger partial charge in [0.2, 0.25) is 0 Å². The van der Waals surface area contributed by atoms with E-state index in [0.717, 1.165) is 36.9 Å². The van der Waals surface area contributed by atoms with Crippen LogP contribution in [0.25, 0.3) is 11.3 Å². The van der Waals surface area contributed by atoms with Crippen molar-refractivity contribution in [3.8, 4) is 17.3 Å². The Kier molecular flexibility index (Phi) is 6.77. The van der Waals surface area contributed by atoms with E-state index in [9.17, 15) is 23.2 Å². The van der Waals surface area contributed by atoms with Crippen molar-refractivity contribution in [3.63, 3.8) is 0 Å². The average molecular weight is 515 g/mol. The molecule has 4 aromatic rings. The van der Waals surface area contributed by atoms with Gasteiger partial charge < -0.3 is 10.3 Å². The summed E-state index contributed by atoms with van der Waals surface area (Å²) in [5, 5.41) is 12.5. The summed E-state index contributed by atoms with van der Waals surface area (Å²) in [6, 6.07) is 25.5. The van der Waals surface area contributed by atoms with Gasteiger partial charge in [0.05, 0.1) is 28.9 Å². The molecule has 0 atom stereocenters. The fraction of sp³-hybridized carbons (Fsp3) is 0.233. The monoisotopic (exact) mass is 514 g/mol. The predicted molar refractivity (Wildman–Crippen MR) is 138 cm³/mol. The third kappa shape index (κ3) is 5.05. The van der Waals surface area contributed by atoms with Crippen LogP contribution in [0.2, 0.25) is 0 Å². The molecule has 2 aromatic heterocycles. The van der Waals surface area contributed by atoms with Gasteiger partial charge in [0.1, 0.15) is 5.69 Å². The second-order valence-electron chi connectivity index (χ2n) is 9.60. The molecule has 0 radical (unpaired) electrons. The van der Waals surface area contributed by atoms with E-state index in [1.165, 1.54) is 12.3 Å². The van der Waals surface area contributed by atoms with Crippen LogP contribution in [-0.4, -0.2) is 15.9 Å². The number of amides is 1. The molecule has 0 spiro atoms. The van der Waals surface area contributed by atoms with Crippen LogP contribution < -0.4 is 5.32 Å². The summed E-state index contributed by atoms with van der Waals surface area (Å²) < 4.78 is 41.0. The number of rotatable bonds is 5. The molecule has 5 rings (SSSR count). The minimum Gasteiger partial charge on any atom is -0.350 e. The van der Waals surface area contributed by atoms with Crippen molar-refractivity contribution in [2.24, 2.45) is 0 Å². The standard InChI is InChI=1S/C30H25F3N4O/c31-30(32,33)27-24(17-26(37-27)20-7-3-1-4-8-20)28(38)36-23-11-12-25(35-18-23)21-13-15-29(19-34,16-14-21)22-9-5-2-6-10-22/h1-12,17-18,21,37H,13-16H2,(H,36,38). The summed E-state index contributed by atoms with van der Waals surface area (Å²) >= 11 is 0. The summed E-state index contributed by atoms with van der Waals surface area (Å²) in [5.74, 6) is -0.704. The zero-order chi connectivity index (χ0) is 26.8. The van der Waals surface area contributed by atoms with Crippen LogP contribution in [0.4, 0.5) is 18.9 Å². The number of halogens is 3. The molecule has 1 aliphatic rings. The molecule has 38 heavy (non-hydrogen) atoms. The van der Waals surface area contributed by atoms with Gasteiger partial charge in [-0.05, 0) is 55.0 Å². The molecule has 5 nitrogen and oxygen atoms in total. The van der Waals surface area contributed by atoms with E-state index in [2.05, 4.69) is 21.4 Å². The van der Waals surface area contributed by atoms with Gasteiger partial charge in [-0.25, -0.2) is 0 Å². The molecule has 2 aromatic carbocycles. The van der Waals surface area contributed by atoms with Gasteiger partial charge in [0.25, 0.3) is 5.91 Å². The topological polar surface area (TPSA) is 81.6 Å². The van der Waals surface area contributed by atoms with Crippen LogP contribution in [0.3, 0.4) is 0 Å². The second-order valence-corrected chi connectivity index (χ2v) is 9.60. The number of benzene rings is 2. The number of aromatic nitrogens is 2. The van der Waals surface area contributed by atoms with Crippen LogP contribution in [0.15, 0.2) is 85.1 Å². The lowest BCUT2D eigenvalue weighted by Gasteiger charge is -2.35. The van der Waals surface area contributed by atoms with E-state index in [1.54, 1.807) is 42.5 Å². The number of pyridine rings is 1. The second kappa shape index (κ2) is 10.2. The predicted octanol–water partition coefficient (Wildman–Crippen LogP) is 7.47. The van der Waals surface area contributed by atoms with E-state index in [1.807, 2.05) is 30.3 Å². The molecule has 0 unspecified atom stereocenters. The van der Waals surface area contributed by atoms with Gasteiger partial charge in [0, 0.05) is 17.3 Å². The van der Waals surface area contributed by atoms with Gasteiger partial charge >= 0.3 is 6.18 Å². The zero-order valence-electron chi connectivity index (χ0n) is 20.4. The quantitative estimate of drug-likeness (QED) is 0.290. The number of hydrogen-bond acceptors (Lipinski definition) is 3. The van der Waals surface area contributed by atoms with Crippen molar-refractivity contribution in [2.75, 3.05) is 5.32 Å². The fourth-order valence-electron chi connectivity index (χ4n) is 5.18. The number of nitrogens with one attached hydrogen (secondary N) is 2. The first-order chi connectivity index (χ1) is 18.3. The van der Waals surface area contributed by atoms with Crippen molar-refractivity contribution in [3.05, 3.63) is 108 Å². The number of H-pyrrole nitrogens is 1. The SMILES string of the molecule is N#CC1(c2ccccc2)CCC(c2ccc(NC(=O)c3cc(-c4ccccc4)[nH]c3C(F)(F)F)cn2)CC1. The molecule has 0 saturated heterocycles. The van der Waals surface area contributed by atoms with Crippen LogP contribution in [0, 0.1) is 11.3 Å². The molecule has 0 bridgehead atoms. The highest BCUT2D eigenvalue weighted by Gasteiger charge is 2.39. The number of carbonyl (C=O) groups excluding carboxylic acids is 1. The smallest absolute Gasteiger partial charge is 0.350 e. The number of alkyl halides is 3. The number of hydrogen-bond donors (Lipinski definition) is 2. The molecular weight excluding hydrogens is 489 g/mol. The molecule has 8 heteroatoms. The molecule has 0 aliphatic heterocycles. The van der Waals surface area contributed by atoms with Crippen LogP contribution in [0.5, 0.6) is 0 Å². The lowest BCUT2D eigenvalue weighted by atomic mass is 9.67. The maximum atomic E-state index is 13.7. The summed E-state index contributed by atoms with van der Waals surface area (Å²) in [7, 11) is 0. The highest BCUT2D eigenvalue weighted by Crippen LogP contribution is 2.44. The van der Waals surface area contributed by atoms with E-state index in [0.29, 0.717) is 11.3 Å². The molecule has 192 valence electrons. The van der Waals surface area contributed by atoms with Gasteiger partial charge in [-0.3, -0.25) is 9.78 Å². The molecule has 1 fully saturated rings. The van der Waals surface area contributed by atoms with E-state index < -0.39 is 28.8 Å². The summed E-state index contributed by atoms with van der Waals surface area (Å²) in [6.45, 7) is 0. The Hall–Kier alpha value is -4.38. The highest BCUT2D eigenvalue weighted by atomic mass is 19.4. The van der Waals surface area contributed by atoms with E-state index in [4.69, 9.17) is 0 Å². The van der Waals surface area contributed by atoms with Gasteiger partial charge in [-0.15, -0.1) is 0 Å². The van der Waals surface area contributed by atoms with Crippen LogP contribution in [0.1, 0.15) is 58.9 Å². The first kappa shape index (κ1) is 25.3. The normalized spacial score (nSPS) is 19.5. The first-order valence-corrected chi connectivity index (χ1v) is 12.4. The number of nitrogens with zero attached hydrogens (tertiary/aromatic N) is 2. The molecule has 1 amide bonds. The molecule has 2 heterocycles. The Morgan fingerprint density at radius 1 is 1.00 bits per heavy atom. The third-order valence-electron chi connectivity index (χ3n) is 7.27. The van der Waals surface area contributed by atoms with Crippen LogP contribution in [-0.2, 0) is 11.6 Å². The molecule has 1 aliphatic carbocycles. The Morgan fingerprint density at radius 2 is 1.66 bits per heavy atom. The fourth-order valence-corrected chi connectivity index (χ4v) is 5.18. The van der Waals surface area contributed by atoms with Crippen molar-refractivity contribution in [1.29, 1.82) is 5.26 Å². The zero-order valence-corrected chi connectivity index (χ0v) is 20.4. The summed E-state index contributed by atoms with van der Waals surface area (Å²) in [5.41, 5.74) is 0.845. The van der Waals surface area contributed by atoms with E-state index >= 15 is 0 Å². The lowest BCUT2D eigenvalue weighted by molar-refractivity contribution is -0.141. The summed E-state index contributed by atoms with van der Waals surface area (Å²) in [4.78, 5) is 19.7. The Morgan fingerprint density at radius 3 is 2.24 bits per heavy atom. The minimum absolute atomic E-state index is 0.167. The Labute approximate surface area is 218 Å².